The summed E-state index contributed by atoms with van der Waals surface area (Å²) < 4.78 is 12.7. The fourth-order valence-corrected chi connectivity index (χ4v) is 5.97. The molecule has 1 fully saturated rings. The number of ketones is 2. The Bertz CT molecular complexity index is 1730. The van der Waals surface area contributed by atoms with Crippen LogP contribution in [0.15, 0.2) is 81.7 Å². The maximum atomic E-state index is 12.6. The van der Waals surface area contributed by atoms with E-state index in [1.807, 2.05) is 60.7 Å². The standard InChI is InChI=1S/C23H26BrNO5.C12H8Br2O/c1-23(2,3)30-22(28)25-11-5-4-6-19(25)21(27)29-14-20(26)17-8-7-16-13-18(24)10-9-15(16)12-17;13-7-12(15)10-2-1-9-6-11(14)4-3-8(9)5-10/h7-10,12-13,19H,4-6,11,14H2,1-3H3;1-6H,7H2/t19-;/m0./s1. The predicted octanol–water partition coefficient (Wildman–Crippen LogP) is 9.30. The van der Waals surface area contributed by atoms with Gasteiger partial charge in [0.25, 0.3) is 0 Å². The Morgan fingerprint density at radius 1 is 0.756 bits per heavy atom. The number of Topliss-reactive ketones (excluding diaryl/α,β-unsaturated/α-hetero) is 2. The van der Waals surface area contributed by atoms with Gasteiger partial charge in [0.15, 0.2) is 18.2 Å². The van der Waals surface area contributed by atoms with Crippen LogP contribution in [0, 0.1) is 0 Å². The van der Waals surface area contributed by atoms with E-state index in [9.17, 15) is 19.2 Å². The van der Waals surface area contributed by atoms with Gasteiger partial charge in [-0.15, -0.1) is 0 Å². The molecule has 0 spiro atoms. The molecule has 5 rings (SSSR count). The fourth-order valence-electron chi connectivity index (χ4n) is 4.89. The van der Waals surface area contributed by atoms with Crippen LogP contribution in [-0.2, 0) is 14.3 Å². The van der Waals surface area contributed by atoms with Crippen LogP contribution in [0.25, 0.3) is 21.5 Å². The Labute approximate surface area is 288 Å². The van der Waals surface area contributed by atoms with Gasteiger partial charge in [-0.1, -0.05) is 84.2 Å². The molecule has 1 saturated heterocycles. The molecule has 0 N–H and O–H groups in total. The minimum Gasteiger partial charge on any atom is -0.456 e. The number of nitrogens with zero attached hydrogens (tertiary/aromatic N) is 1. The second kappa shape index (κ2) is 15.5. The number of carbonyl (C=O) groups is 4. The lowest BCUT2D eigenvalue weighted by atomic mass is 10.0. The summed E-state index contributed by atoms with van der Waals surface area (Å²) >= 11 is 10.0. The number of hydrogen-bond acceptors (Lipinski definition) is 6. The molecule has 1 aliphatic heterocycles. The molecule has 0 radical (unpaired) electrons. The first-order chi connectivity index (χ1) is 21.3. The Morgan fingerprint density at radius 2 is 1.27 bits per heavy atom. The van der Waals surface area contributed by atoms with E-state index in [2.05, 4.69) is 47.8 Å². The van der Waals surface area contributed by atoms with E-state index in [0.29, 0.717) is 23.9 Å². The van der Waals surface area contributed by atoms with Crippen LogP contribution in [0.2, 0.25) is 0 Å². The van der Waals surface area contributed by atoms with E-state index >= 15 is 0 Å². The van der Waals surface area contributed by atoms with E-state index in [1.165, 1.54) is 4.90 Å². The van der Waals surface area contributed by atoms with Crippen molar-refractivity contribution in [1.82, 2.24) is 4.90 Å². The maximum Gasteiger partial charge on any atom is 0.411 e. The number of alkyl halides is 1. The summed E-state index contributed by atoms with van der Waals surface area (Å²) in [4.78, 5) is 50.5. The average molecular weight is 804 g/mol. The van der Waals surface area contributed by atoms with Crippen LogP contribution >= 0.6 is 47.8 Å². The van der Waals surface area contributed by atoms with Gasteiger partial charge in [0, 0.05) is 26.6 Å². The molecule has 10 heteroatoms. The third-order valence-corrected chi connectivity index (χ3v) is 8.61. The van der Waals surface area contributed by atoms with Crippen LogP contribution in [0.4, 0.5) is 4.79 Å². The Hall–Kier alpha value is -3.08. The molecule has 236 valence electrons. The third-order valence-electron chi connectivity index (χ3n) is 7.12. The molecular weight excluding hydrogens is 770 g/mol. The predicted molar refractivity (Wildman–Crippen MR) is 187 cm³/mol. The Balaban J connectivity index is 0.000000256. The van der Waals surface area contributed by atoms with Gasteiger partial charge < -0.3 is 9.47 Å². The van der Waals surface area contributed by atoms with Gasteiger partial charge in [-0.25, -0.2) is 9.59 Å². The minimum absolute atomic E-state index is 0.111. The van der Waals surface area contributed by atoms with E-state index < -0.39 is 23.7 Å². The zero-order valence-electron chi connectivity index (χ0n) is 25.3. The van der Waals surface area contributed by atoms with Gasteiger partial charge >= 0.3 is 12.1 Å². The van der Waals surface area contributed by atoms with Crippen LogP contribution < -0.4 is 0 Å². The van der Waals surface area contributed by atoms with Crippen molar-refractivity contribution < 1.29 is 28.7 Å². The minimum atomic E-state index is -0.727. The van der Waals surface area contributed by atoms with Crippen molar-refractivity contribution in [2.45, 2.75) is 51.7 Å². The Morgan fingerprint density at radius 3 is 1.80 bits per heavy atom. The number of esters is 1. The highest BCUT2D eigenvalue weighted by Crippen LogP contribution is 2.24. The van der Waals surface area contributed by atoms with Gasteiger partial charge in [0.05, 0.1) is 5.33 Å². The summed E-state index contributed by atoms with van der Waals surface area (Å²) in [5.41, 5.74) is 0.580. The molecule has 1 atom stereocenters. The number of fused-ring (bicyclic) bond motifs is 2. The highest BCUT2D eigenvalue weighted by atomic mass is 79.9. The fraction of sp³-hybridized carbons (Fsp3) is 0.314. The molecule has 1 aliphatic rings. The van der Waals surface area contributed by atoms with Crippen molar-refractivity contribution in [2.75, 3.05) is 18.5 Å². The smallest absolute Gasteiger partial charge is 0.411 e. The lowest BCUT2D eigenvalue weighted by Crippen LogP contribution is -2.50. The average Bonchev–Trinajstić information content (AvgIpc) is 3.02. The number of piperidine rings is 1. The largest absolute Gasteiger partial charge is 0.456 e. The first kappa shape index (κ1) is 34.8. The molecule has 45 heavy (non-hydrogen) atoms. The van der Waals surface area contributed by atoms with Crippen LogP contribution in [0.1, 0.15) is 60.7 Å². The first-order valence-corrected chi connectivity index (χ1v) is 17.2. The molecule has 4 aromatic carbocycles. The van der Waals surface area contributed by atoms with Crippen molar-refractivity contribution in [3.05, 3.63) is 92.9 Å². The molecule has 7 nitrogen and oxygen atoms in total. The summed E-state index contributed by atoms with van der Waals surface area (Å²) in [5, 5.41) is 4.53. The number of likely N-dealkylation sites (tertiary alicyclic amines) is 1. The lowest BCUT2D eigenvalue weighted by molar-refractivity contribution is -0.150. The second-order valence-electron chi connectivity index (χ2n) is 11.7. The number of ether oxygens (including phenoxy) is 2. The molecule has 0 aliphatic carbocycles. The summed E-state index contributed by atoms with van der Waals surface area (Å²) in [6, 6.07) is 22.2. The van der Waals surface area contributed by atoms with Gasteiger partial charge in [0.2, 0.25) is 0 Å². The quantitative estimate of drug-likeness (QED) is 0.110. The normalized spacial score (nSPS) is 14.8. The van der Waals surface area contributed by atoms with E-state index in [4.69, 9.17) is 9.47 Å². The number of halogens is 3. The van der Waals surface area contributed by atoms with Crippen molar-refractivity contribution in [1.29, 1.82) is 0 Å². The summed E-state index contributed by atoms with van der Waals surface area (Å²) in [7, 11) is 0. The molecule has 1 amide bonds. The summed E-state index contributed by atoms with van der Waals surface area (Å²) in [5.74, 6) is -0.744. The van der Waals surface area contributed by atoms with Crippen LogP contribution in [0.5, 0.6) is 0 Å². The van der Waals surface area contributed by atoms with Crippen molar-refractivity contribution >= 4 is 93.0 Å². The van der Waals surface area contributed by atoms with E-state index in [1.54, 1.807) is 32.9 Å². The van der Waals surface area contributed by atoms with Gasteiger partial charge in [0.1, 0.15) is 11.6 Å². The number of rotatable bonds is 6. The second-order valence-corrected chi connectivity index (χ2v) is 14.1. The molecule has 0 saturated carbocycles. The highest BCUT2D eigenvalue weighted by Gasteiger charge is 2.36. The van der Waals surface area contributed by atoms with Gasteiger partial charge in [-0.3, -0.25) is 14.5 Å². The summed E-state index contributed by atoms with van der Waals surface area (Å²) in [6.45, 7) is 5.41. The topological polar surface area (TPSA) is 90.0 Å². The van der Waals surface area contributed by atoms with Crippen molar-refractivity contribution in [2.24, 2.45) is 0 Å². The molecule has 0 bridgehead atoms. The maximum absolute atomic E-state index is 12.6. The van der Waals surface area contributed by atoms with E-state index in [0.717, 1.165) is 48.9 Å². The third kappa shape index (κ3) is 9.70. The zero-order valence-corrected chi connectivity index (χ0v) is 30.0. The van der Waals surface area contributed by atoms with Gasteiger partial charge in [-0.2, -0.15) is 0 Å². The van der Waals surface area contributed by atoms with Gasteiger partial charge in [-0.05, 0) is 98.0 Å². The van der Waals surface area contributed by atoms with Crippen LogP contribution in [-0.4, -0.2) is 58.7 Å². The number of benzene rings is 4. The zero-order chi connectivity index (χ0) is 32.7. The molecule has 4 aromatic rings. The first-order valence-electron chi connectivity index (χ1n) is 14.5. The highest BCUT2D eigenvalue weighted by molar-refractivity contribution is 9.10. The molecular formula is C35H34Br3NO6. The molecule has 1 heterocycles. The molecule has 0 unspecified atom stereocenters. The SMILES string of the molecule is CC(C)(C)OC(=O)N1CCCC[C@H]1C(=O)OCC(=O)c1ccc2cc(Br)ccc2c1.O=C(CBr)c1ccc2cc(Br)ccc2c1. The van der Waals surface area contributed by atoms with Crippen molar-refractivity contribution in [3.63, 3.8) is 0 Å². The summed E-state index contributed by atoms with van der Waals surface area (Å²) in [6.07, 6.45) is 1.58. The Kier molecular flexibility index (Phi) is 12.0. The number of carbonyl (C=O) groups excluding carboxylic acids is 4. The lowest BCUT2D eigenvalue weighted by Gasteiger charge is -2.35. The number of amides is 1. The number of hydrogen-bond donors (Lipinski definition) is 0. The van der Waals surface area contributed by atoms with Crippen molar-refractivity contribution in [3.8, 4) is 0 Å². The van der Waals surface area contributed by atoms with Crippen LogP contribution in [0.3, 0.4) is 0 Å². The molecule has 0 aromatic heterocycles. The van der Waals surface area contributed by atoms with E-state index in [-0.39, 0.29) is 18.2 Å². The monoisotopic (exact) mass is 801 g/mol.